The second kappa shape index (κ2) is 10.1. The van der Waals surface area contributed by atoms with Crippen molar-refractivity contribution in [2.75, 3.05) is 4.43 Å². The third-order valence-corrected chi connectivity index (χ3v) is 5.29. The van der Waals surface area contributed by atoms with Crippen LogP contribution >= 0.6 is 69.0 Å². The Balaban J connectivity index is 2.66. The number of halogens is 5. The monoisotopic (exact) mass is 570 g/mol. The van der Waals surface area contributed by atoms with Gasteiger partial charge in [-0.3, -0.25) is 9.59 Å². The van der Waals surface area contributed by atoms with Crippen LogP contribution < -0.4 is 0 Å². The van der Waals surface area contributed by atoms with E-state index in [1.807, 2.05) is 22.6 Å². The fraction of sp³-hybridized carbons (Fsp3) is 0.105. The number of Topliss-reactive ketones (excluding diaryl/α,β-unsaturated/α-hetero) is 2. The number of benzene rings is 2. The summed E-state index contributed by atoms with van der Waals surface area (Å²) in [5.41, 5.74) is -0.0940. The maximum Gasteiger partial charge on any atom is 0.345 e. The summed E-state index contributed by atoms with van der Waals surface area (Å²) in [7, 11) is 0. The molecule has 4 nitrogen and oxygen atoms in total. The number of hydrogen-bond acceptors (Lipinski definition) is 4. The molecule has 0 atom stereocenters. The highest BCUT2D eigenvalue weighted by Crippen LogP contribution is 2.32. The van der Waals surface area contributed by atoms with Crippen LogP contribution in [0.3, 0.4) is 0 Å². The summed E-state index contributed by atoms with van der Waals surface area (Å²) in [5, 5.41) is 0.841. The highest BCUT2D eigenvalue weighted by molar-refractivity contribution is 14.1. The lowest BCUT2D eigenvalue weighted by atomic mass is 10.0. The topological polar surface area (TPSA) is 60.4 Å². The van der Waals surface area contributed by atoms with Crippen molar-refractivity contribution in [3.05, 3.63) is 73.2 Å². The molecule has 0 saturated carbocycles. The predicted molar refractivity (Wildman–Crippen MR) is 120 cm³/mol. The summed E-state index contributed by atoms with van der Waals surface area (Å²) in [6, 6.07) is 8.58. The SMILES string of the molecule is CC(=O)C(C(=O)CI)=C(OC(=O)c1ccc(Cl)cc1Cl)c1ccc(Cl)cc1Cl. The molecule has 0 aliphatic carbocycles. The summed E-state index contributed by atoms with van der Waals surface area (Å²) in [4.78, 5) is 37.3. The Morgan fingerprint density at radius 2 is 1.39 bits per heavy atom. The van der Waals surface area contributed by atoms with Crippen molar-refractivity contribution in [3.8, 4) is 0 Å². The molecule has 28 heavy (non-hydrogen) atoms. The van der Waals surface area contributed by atoms with Gasteiger partial charge in [-0.1, -0.05) is 69.0 Å². The standard InChI is InChI=1S/C19H11Cl4IO4/c1-9(25)17(16(26)8-24)18(12-4-2-10(20)6-14(12)22)28-19(27)13-5-3-11(21)7-15(13)23/h2-7H,8H2,1H3. The lowest BCUT2D eigenvalue weighted by molar-refractivity contribution is -0.119. The van der Waals surface area contributed by atoms with Gasteiger partial charge in [0.15, 0.2) is 17.3 Å². The van der Waals surface area contributed by atoms with Gasteiger partial charge >= 0.3 is 5.97 Å². The Morgan fingerprint density at radius 3 is 1.82 bits per heavy atom. The predicted octanol–water partition coefficient (Wildman–Crippen LogP) is 6.46. The fourth-order valence-corrected chi connectivity index (χ4v) is 3.63. The average molecular weight is 572 g/mol. The zero-order chi connectivity index (χ0) is 21.0. The van der Waals surface area contributed by atoms with Crippen LogP contribution in [0.1, 0.15) is 22.8 Å². The molecule has 0 saturated heterocycles. The van der Waals surface area contributed by atoms with E-state index >= 15 is 0 Å². The van der Waals surface area contributed by atoms with E-state index in [9.17, 15) is 14.4 Å². The summed E-state index contributed by atoms with van der Waals surface area (Å²) in [5.74, 6) is -2.21. The maximum absolute atomic E-state index is 12.7. The molecule has 0 amide bonds. The molecule has 0 aromatic heterocycles. The summed E-state index contributed by atoms with van der Waals surface area (Å²) in [6.45, 7) is 1.20. The maximum atomic E-state index is 12.7. The smallest absolute Gasteiger partial charge is 0.345 e. The molecule has 146 valence electrons. The Morgan fingerprint density at radius 1 is 0.893 bits per heavy atom. The molecule has 2 rings (SSSR count). The largest absolute Gasteiger partial charge is 0.421 e. The average Bonchev–Trinajstić information content (AvgIpc) is 2.60. The number of esters is 1. The molecule has 0 radical (unpaired) electrons. The van der Waals surface area contributed by atoms with Gasteiger partial charge in [0.25, 0.3) is 0 Å². The molecule has 0 N–H and O–H groups in total. The van der Waals surface area contributed by atoms with Gasteiger partial charge in [0.2, 0.25) is 0 Å². The molecule has 0 spiro atoms. The zero-order valence-electron chi connectivity index (χ0n) is 14.2. The molecular formula is C19H11Cl4IO4. The lowest BCUT2D eigenvalue weighted by Crippen LogP contribution is -2.17. The number of ether oxygens (including phenoxy) is 1. The van der Waals surface area contributed by atoms with E-state index < -0.39 is 17.5 Å². The first-order valence-corrected chi connectivity index (χ1v) is 10.7. The number of allylic oxidation sites excluding steroid dienone is 1. The second-order valence-electron chi connectivity index (χ2n) is 5.45. The zero-order valence-corrected chi connectivity index (χ0v) is 19.4. The van der Waals surface area contributed by atoms with E-state index in [2.05, 4.69) is 0 Å². The Labute approximate surface area is 194 Å². The molecule has 2 aromatic rings. The molecule has 9 heteroatoms. The third-order valence-electron chi connectivity index (χ3n) is 3.50. The first kappa shape index (κ1) is 23.2. The molecular weight excluding hydrogens is 561 g/mol. The van der Waals surface area contributed by atoms with Crippen molar-refractivity contribution >= 4 is 92.3 Å². The minimum atomic E-state index is -0.873. The van der Waals surface area contributed by atoms with Crippen molar-refractivity contribution in [1.82, 2.24) is 0 Å². The van der Waals surface area contributed by atoms with Gasteiger partial charge in [0.05, 0.1) is 20.0 Å². The van der Waals surface area contributed by atoms with E-state index in [0.717, 1.165) is 0 Å². The summed E-state index contributed by atoms with van der Waals surface area (Å²) >= 11 is 25.9. The summed E-state index contributed by atoms with van der Waals surface area (Å²) in [6.07, 6.45) is 0. The van der Waals surface area contributed by atoms with Crippen molar-refractivity contribution < 1.29 is 19.1 Å². The van der Waals surface area contributed by atoms with Crippen LogP contribution in [0.15, 0.2) is 42.0 Å². The van der Waals surface area contributed by atoms with E-state index in [-0.39, 0.29) is 36.9 Å². The van der Waals surface area contributed by atoms with E-state index in [1.54, 1.807) is 0 Å². The van der Waals surface area contributed by atoms with Crippen molar-refractivity contribution in [2.45, 2.75) is 6.92 Å². The van der Waals surface area contributed by atoms with Gasteiger partial charge in [-0.2, -0.15) is 0 Å². The highest BCUT2D eigenvalue weighted by atomic mass is 127. The molecule has 0 bridgehead atoms. The number of ketones is 2. The third kappa shape index (κ3) is 5.48. The molecule has 0 heterocycles. The first-order valence-electron chi connectivity index (χ1n) is 7.62. The molecule has 0 unspecified atom stereocenters. The van der Waals surface area contributed by atoms with Crippen LogP contribution in [0.25, 0.3) is 5.76 Å². The van der Waals surface area contributed by atoms with Gasteiger partial charge in [0.1, 0.15) is 5.57 Å². The highest BCUT2D eigenvalue weighted by Gasteiger charge is 2.26. The molecule has 0 fully saturated rings. The van der Waals surface area contributed by atoms with Gasteiger partial charge in [-0.05, 0) is 43.3 Å². The van der Waals surface area contributed by atoms with E-state index in [4.69, 9.17) is 51.1 Å². The van der Waals surface area contributed by atoms with Gasteiger partial charge in [-0.25, -0.2) is 4.79 Å². The van der Waals surface area contributed by atoms with Gasteiger partial charge in [-0.15, -0.1) is 0 Å². The molecule has 0 aliphatic heterocycles. The van der Waals surface area contributed by atoms with Crippen LogP contribution in [0.2, 0.25) is 20.1 Å². The lowest BCUT2D eigenvalue weighted by Gasteiger charge is -2.15. The number of carbonyl (C=O) groups excluding carboxylic acids is 3. The first-order chi connectivity index (χ1) is 13.1. The molecule has 2 aromatic carbocycles. The van der Waals surface area contributed by atoms with Crippen LogP contribution in [0.4, 0.5) is 0 Å². The minimum Gasteiger partial charge on any atom is -0.421 e. The normalized spacial score (nSPS) is 11.6. The van der Waals surface area contributed by atoms with Gasteiger partial charge < -0.3 is 4.74 Å². The number of rotatable bonds is 6. The van der Waals surface area contributed by atoms with Crippen LogP contribution in [-0.4, -0.2) is 22.0 Å². The van der Waals surface area contributed by atoms with E-state index in [1.165, 1.54) is 43.3 Å². The summed E-state index contributed by atoms with van der Waals surface area (Å²) < 4.78 is 5.45. The quantitative estimate of drug-likeness (QED) is 0.0759. The van der Waals surface area contributed by atoms with Gasteiger partial charge in [0, 0.05) is 15.6 Å². The van der Waals surface area contributed by atoms with E-state index in [0.29, 0.717) is 10.0 Å². The number of alkyl halides is 1. The Bertz CT molecular complexity index is 1000. The fourth-order valence-electron chi connectivity index (χ4n) is 2.27. The van der Waals surface area contributed by atoms with Crippen LogP contribution in [0, 0.1) is 0 Å². The number of hydrogen-bond donors (Lipinski definition) is 0. The molecule has 0 aliphatic rings. The van der Waals surface area contributed by atoms with Crippen LogP contribution in [0.5, 0.6) is 0 Å². The Kier molecular flexibility index (Phi) is 8.33. The van der Waals surface area contributed by atoms with Crippen molar-refractivity contribution in [1.29, 1.82) is 0 Å². The second-order valence-corrected chi connectivity index (χ2v) is 7.91. The van der Waals surface area contributed by atoms with Crippen molar-refractivity contribution in [2.24, 2.45) is 0 Å². The Hall–Kier alpha value is -1.12. The van der Waals surface area contributed by atoms with Crippen molar-refractivity contribution in [3.63, 3.8) is 0 Å². The number of carbonyl (C=O) groups is 3. The van der Waals surface area contributed by atoms with Crippen LogP contribution in [-0.2, 0) is 14.3 Å². The minimum absolute atomic E-state index is 0.000629.